The number of ether oxygens (including phenoxy) is 1. The lowest BCUT2D eigenvalue weighted by Crippen LogP contribution is -2.36. The van der Waals surface area contributed by atoms with Crippen molar-refractivity contribution in [3.63, 3.8) is 0 Å². The van der Waals surface area contributed by atoms with Crippen molar-refractivity contribution in [2.45, 2.75) is 34.1 Å². The van der Waals surface area contributed by atoms with Gasteiger partial charge in [-0.15, -0.1) is 0 Å². The number of allylic oxidation sites excluding steroid dienone is 4. The molecule has 1 aromatic rings. The first kappa shape index (κ1) is 20.4. The van der Waals surface area contributed by atoms with Crippen molar-refractivity contribution in [3.05, 3.63) is 71.5 Å². The van der Waals surface area contributed by atoms with Gasteiger partial charge in [0.2, 0.25) is 5.91 Å². The average Bonchev–Trinajstić information content (AvgIpc) is 2.57. The summed E-state index contributed by atoms with van der Waals surface area (Å²) in [6.07, 6.45) is 4.42. The quantitative estimate of drug-likeness (QED) is 0.397. The van der Waals surface area contributed by atoms with Gasteiger partial charge in [0, 0.05) is 19.0 Å². The summed E-state index contributed by atoms with van der Waals surface area (Å²) in [7, 11) is 0. The zero-order valence-corrected chi connectivity index (χ0v) is 15.5. The minimum Gasteiger partial charge on any atom is -0.494 e. The molecule has 0 unspecified atom stereocenters. The monoisotopic (exact) mass is 341 g/mol. The number of carbonyl (C=O) groups excluding carboxylic acids is 2. The highest BCUT2D eigenvalue weighted by atomic mass is 16.5. The Morgan fingerprint density at radius 1 is 1.16 bits per heavy atom. The van der Waals surface area contributed by atoms with Gasteiger partial charge in [-0.25, -0.2) is 0 Å². The van der Waals surface area contributed by atoms with Crippen molar-refractivity contribution in [3.8, 4) is 0 Å². The molecule has 2 amide bonds. The molecule has 1 aromatic carbocycles. The van der Waals surface area contributed by atoms with Crippen molar-refractivity contribution in [1.29, 1.82) is 0 Å². The number of imide groups is 1. The molecule has 0 bridgehead atoms. The highest BCUT2D eigenvalue weighted by molar-refractivity contribution is 6.04. The van der Waals surface area contributed by atoms with Crippen molar-refractivity contribution >= 4 is 11.8 Å². The Balaban J connectivity index is 2.61. The molecule has 0 fully saturated rings. The topological polar surface area (TPSA) is 46.6 Å². The van der Waals surface area contributed by atoms with Gasteiger partial charge in [0.15, 0.2) is 0 Å². The highest BCUT2D eigenvalue weighted by Gasteiger charge is 2.19. The van der Waals surface area contributed by atoms with Crippen LogP contribution in [0.4, 0.5) is 0 Å². The van der Waals surface area contributed by atoms with Crippen LogP contribution in [0.2, 0.25) is 0 Å². The molecule has 4 heteroatoms. The molecular formula is C21H27NO3. The SMILES string of the molecule is C=C(C)/C=C(/C)C(=CC)OCCCN(C(C)=O)C(=O)c1ccccc1. The van der Waals surface area contributed by atoms with Crippen LogP contribution in [0.3, 0.4) is 0 Å². The number of rotatable bonds is 8. The summed E-state index contributed by atoms with van der Waals surface area (Å²) in [5.74, 6) is 0.239. The fourth-order valence-electron chi connectivity index (χ4n) is 2.41. The highest BCUT2D eigenvalue weighted by Crippen LogP contribution is 2.14. The first-order valence-corrected chi connectivity index (χ1v) is 8.37. The predicted octanol–water partition coefficient (Wildman–Crippen LogP) is 4.51. The number of nitrogens with zero attached hydrogens (tertiary/aromatic N) is 1. The van der Waals surface area contributed by atoms with Crippen LogP contribution >= 0.6 is 0 Å². The van der Waals surface area contributed by atoms with Crippen LogP contribution in [0.5, 0.6) is 0 Å². The second-order valence-corrected chi connectivity index (χ2v) is 5.87. The van der Waals surface area contributed by atoms with Gasteiger partial charge < -0.3 is 4.74 Å². The smallest absolute Gasteiger partial charge is 0.260 e. The molecule has 0 heterocycles. The van der Waals surface area contributed by atoms with Gasteiger partial charge >= 0.3 is 0 Å². The Kier molecular flexibility index (Phi) is 8.40. The van der Waals surface area contributed by atoms with Gasteiger partial charge in [0.25, 0.3) is 5.91 Å². The minimum atomic E-state index is -0.280. The first-order chi connectivity index (χ1) is 11.9. The summed E-state index contributed by atoms with van der Waals surface area (Å²) in [6, 6.07) is 8.81. The van der Waals surface area contributed by atoms with E-state index in [4.69, 9.17) is 4.74 Å². The van der Waals surface area contributed by atoms with E-state index < -0.39 is 0 Å². The molecule has 0 N–H and O–H groups in total. The molecule has 0 aromatic heterocycles. The van der Waals surface area contributed by atoms with Gasteiger partial charge in [-0.3, -0.25) is 14.5 Å². The maximum atomic E-state index is 12.4. The fraction of sp³-hybridized carbons (Fsp3) is 0.333. The Morgan fingerprint density at radius 2 is 1.80 bits per heavy atom. The lowest BCUT2D eigenvalue weighted by Gasteiger charge is -2.19. The van der Waals surface area contributed by atoms with E-state index in [1.165, 1.54) is 11.8 Å². The molecule has 0 aliphatic carbocycles. The van der Waals surface area contributed by atoms with Crippen LogP contribution in [0.15, 0.2) is 66.0 Å². The summed E-state index contributed by atoms with van der Waals surface area (Å²) < 4.78 is 5.77. The minimum absolute atomic E-state index is 0.265. The van der Waals surface area contributed by atoms with Crippen molar-refractivity contribution in [1.82, 2.24) is 4.90 Å². The maximum absolute atomic E-state index is 12.4. The lowest BCUT2D eigenvalue weighted by molar-refractivity contribution is -0.126. The Morgan fingerprint density at radius 3 is 2.32 bits per heavy atom. The lowest BCUT2D eigenvalue weighted by atomic mass is 10.1. The van der Waals surface area contributed by atoms with E-state index in [1.807, 2.05) is 39.0 Å². The van der Waals surface area contributed by atoms with E-state index in [-0.39, 0.29) is 11.8 Å². The molecule has 1 rings (SSSR count). The predicted molar refractivity (Wildman–Crippen MR) is 101 cm³/mol. The second kappa shape index (κ2) is 10.3. The van der Waals surface area contributed by atoms with Gasteiger partial charge in [0.1, 0.15) is 5.76 Å². The molecule has 0 aliphatic heterocycles. The summed E-state index contributed by atoms with van der Waals surface area (Å²) in [4.78, 5) is 25.5. The van der Waals surface area contributed by atoms with Gasteiger partial charge in [-0.1, -0.05) is 36.4 Å². The van der Waals surface area contributed by atoms with Crippen LogP contribution in [0.1, 0.15) is 44.5 Å². The summed E-state index contributed by atoms with van der Waals surface area (Å²) in [5.41, 5.74) is 2.46. The zero-order chi connectivity index (χ0) is 18.8. The van der Waals surface area contributed by atoms with Crippen LogP contribution in [0.25, 0.3) is 0 Å². The first-order valence-electron chi connectivity index (χ1n) is 8.37. The van der Waals surface area contributed by atoms with Crippen LogP contribution in [-0.2, 0) is 9.53 Å². The normalized spacial score (nSPS) is 11.8. The second-order valence-electron chi connectivity index (χ2n) is 5.87. The van der Waals surface area contributed by atoms with E-state index in [1.54, 1.807) is 24.3 Å². The standard InChI is InChI=1S/C21H27NO3/c1-6-20(17(4)15-16(2)3)25-14-10-13-22(18(5)23)21(24)19-11-8-7-9-12-19/h6-9,11-12,15H,2,10,13-14H2,1,3-5H3/b17-15-,20-6?. The van der Waals surface area contributed by atoms with Crippen molar-refractivity contribution in [2.24, 2.45) is 0 Å². The van der Waals surface area contributed by atoms with Crippen molar-refractivity contribution in [2.75, 3.05) is 13.2 Å². The third-order valence-corrected chi connectivity index (χ3v) is 3.54. The summed E-state index contributed by atoms with van der Waals surface area (Å²) in [6.45, 7) is 11.8. The van der Waals surface area contributed by atoms with E-state index in [9.17, 15) is 9.59 Å². The Bertz CT molecular complexity index is 672. The molecule has 4 nitrogen and oxygen atoms in total. The number of benzene rings is 1. The largest absolute Gasteiger partial charge is 0.494 e. The third kappa shape index (κ3) is 6.79. The maximum Gasteiger partial charge on any atom is 0.260 e. The summed E-state index contributed by atoms with van der Waals surface area (Å²) in [5, 5.41) is 0. The fourth-order valence-corrected chi connectivity index (χ4v) is 2.41. The van der Waals surface area contributed by atoms with E-state index in [0.717, 1.165) is 16.9 Å². The number of carbonyl (C=O) groups is 2. The zero-order valence-electron chi connectivity index (χ0n) is 15.5. The molecule has 0 spiro atoms. The van der Waals surface area contributed by atoms with Gasteiger partial charge in [-0.2, -0.15) is 0 Å². The van der Waals surface area contributed by atoms with E-state index >= 15 is 0 Å². The molecule has 25 heavy (non-hydrogen) atoms. The Hall–Kier alpha value is -2.62. The Labute approximate surface area is 150 Å². The molecule has 0 saturated carbocycles. The third-order valence-electron chi connectivity index (χ3n) is 3.54. The molecule has 0 radical (unpaired) electrons. The summed E-state index contributed by atoms with van der Waals surface area (Å²) >= 11 is 0. The van der Waals surface area contributed by atoms with Crippen LogP contribution in [-0.4, -0.2) is 29.9 Å². The van der Waals surface area contributed by atoms with Gasteiger partial charge in [-0.05, 0) is 51.0 Å². The molecule has 0 aliphatic rings. The molecule has 134 valence electrons. The van der Waals surface area contributed by atoms with E-state index in [0.29, 0.717) is 25.1 Å². The van der Waals surface area contributed by atoms with Gasteiger partial charge in [0.05, 0.1) is 6.61 Å². The average molecular weight is 341 g/mol. The molecule has 0 atom stereocenters. The molecular weight excluding hydrogens is 314 g/mol. The number of hydrogen-bond acceptors (Lipinski definition) is 3. The van der Waals surface area contributed by atoms with E-state index in [2.05, 4.69) is 6.58 Å². The number of amides is 2. The van der Waals surface area contributed by atoms with Crippen LogP contribution in [0, 0.1) is 0 Å². The molecule has 0 saturated heterocycles. The van der Waals surface area contributed by atoms with Crippen LogP contribution < -0.4 is 0 Å². The van der Waals surface area contributed by atoms with Crippen molar-refractivity contribution < 1.29 is 14.3 Å². The number of hydrogen-bond donors (Lipinski definition) is 0.